The van der Waals surface area contributed by atoms with Gasteiger partial charge in [-0.3, -0.25) is 9.97 Å². The third kappa shape index (κ3) is 11.2. The van der Waals surface area contributed by atoms with Crippen LogP contribution in [-0.4, -0.2) is 57.2 Å². The summed E-state index contributed by atoms with van der Waals surface area (Å²) in [5.41, 5.74) is 31.3. The quantitative estimate of drug-likeness (QED) is 0.0538. The summed E-state index contributed by atoms with van der Waals surface area (Å²) < 4.78 is 0. The van der Waals surface area contributed by atoms with E-state index in [1.165, 1.54) is 165 Å². The Morgan fingerprint density at radius 3 is 0.789 bits per heavy atom. The van der Waals surface area contributed by atoms with Gasteiger partial charge in [0, 0.05) is 88.0 Å². The number of rotatable bonds is 26. The lowest BCUT2D eigenvalue weighted by Crippen LogP contribution is -2.26. The number of benzene rings is 6. The van der Waals surface area contributed by atoms with Crippen LogP contribution in [0.3, 0.4) is 0 Å². The van der Waals surface area contributed by atoms with E-state index >= 15 is 0 Å². The number of hydrogen-bond donors (Lipinski definition) is 0. The van der Waals surface area contributed by atoms with Crippen molar-refractivity contribution >= 4 is 17.1 Å². The molecule has 6 aromatic carbocycles. The molecule has 3 aliphatic carbocycles. The Labute approximate surface area is 540 Å². The number of nitrogens with zero attached hydrogens (tertiary/aromatic N) is 6. The standard InChI is InChI=1S/C84H98N6/c1-13-19-39-82(40-20-14-2)72-47-57(25-31-66(72)69-34-28-63(88(7)8)54-75(69)82)60-37-45-85-78(50-60)80-52-62(59-27-33-68-71-36-30-65(90(11)12)56-77(71)84(43-23-17-5,44-24-18-6)74(68)49-59)53-81(87-80)79-51-61(38-46-86-79)58-26-32-67-70-35-29-64(89(9)10)55-76(70)83(41-21-15-3,42-22-16-4)73(67)48-58/h25-38,45-56H,13-24,39-44H2,1-12H3. The van der Waals surface area contributed by atoms with Crippen LogP contribution in [0.2, 0.25) is 0 Å². The first kappa shape index (κ1) is 62.4. The van der Waals surface area contributed by atoms with Gasteiger partial charge in [-0.1, -0.05) is 173 Å². The second-order valence-corrected chi connectivity index (χ2v) is 27.5. The molecule has 0 unspecified atom stereocenters. The van der Waals surface area contributed by atoms with Gasteiger partial charge in [0.1, 0.15) is 0 Å². The molecule has 0 fully saturated rings. The lowest BCUT2D eigenvalue weighted by Gasteiger charge is -2.33. The highest BCUT2D eigenvalue weighted by Crippen LogP contribution is 2.59. The van der Waals surface area contributed by atoms with Crippen molar-refractivity contribution in [1.82, 2.24) is 15.0 Å². The fourth-order valence-electron chi connectivity index (χ4n) is 16.1. The first-order valence-electron chi connectivity index (χ1n) is 34.6. The zero-order chi connectivity index (χ0) is 62.9. The van der Waals surface area contributed by atoms with Crippen LogP contribution < -0.4 is 14.7 Å². The summed E-state index contributed by atoms with van der Waals surface area (Å²) in [5.74, 6) is 0. The molecule has 6 nitrogen and oxygen atoms in total. The molecule has 0 saturated heterocycles. The van der Waals surface area contributed by atoms with Gasteiger partial charge < -0.3 is 14.7 Å². The molecule has 3 aliphatic rings. The summed E-state index contributed by atoms with van der Waals surface area (Å²) in [6.07, 6.45) is 24.9. The number of anilines is 3. The number of pyridine rings is 3. The lowest BCUT2D eigenvalue weighted by molar-refractivity contribution is 0.414. The van der Waals surface area contributed by atoms with Crippen molar-refractivity contribution in [3.63, 3.8) is 0 Å². The van der Waals surface area contributed by atoms with Crippen molar-refractivity contribution < 1.29 is 0 Å². The molecule has 90 heavy (non-hydrogen) atoms. The van der Waals surface area contributed by atoms with E-state index in [4.69, 9.17) is 15.0 Å². The normalized spacial score (nSPS) is 14.2. The third-order valence-electron chi connectivity index (χ3n) is 21.2. The maximum absolute atomic E-state index is 5.67. The highest BCUT2D eigenvalue weighted by molar-refractivity contribution is 5.90. The van der Waals surface area contributed by atoms with Crippen molar-refractivity contribution in [2.75, 3.05) is 57.0 Å². The van der Waals surface area contributed by atoms with Gasteiger partial charge in [0.25, 0.3) is 0 Å². The molecule has 0 aliphatic heterocycles. The van der Waals surface area contributed by atoms with Gasteiger partial charge in [-0.05, 0) is 230 Å². The molecule has 6 heteroatoms. The molecule has 9 aromatic rings. The minimum absolute atomic E-state index is 0.0501. The number of unbranched alkanes of at least 4 members (excludes halogenated alkanes) is 6. The van der Waals surface area contributed by atoms with E-state index in [0.717, 1.165) is 90.8 Å². The topological polar surface area (TPSA) is 48.4 Å². The van der Waals surface area contributed by atoms with Gasteiger partial charge >= 0.3 is 0 Å². The molecule has 0 radical (unpaired) electrons. The lowest BCUT2D eigenvalue weighted by atomic mass is 9.70. The minimum atomic E-state index is -0.0871. The molecular formula is C84H98N6. The smallest absolute Gasteiger partial charge is 0.0900 e. The largest absolute Gasteiger partial charge is 0.378 e. The fraction of sp³-hybridized carbons (Fsp3) is 0.393. The van der Waals surface area contributed by atoms with E-state index < -0.39 is 0 Å². The molecule has 3 heterocycles. The average Bonchev–Trinajstić information content (AvgIpc) is 1.58. The maximum Gasteiger partial charge on any atom is 0.0900 e. The van der Waals surface area contributed by atoms with Crippen LogP contribution in [0, 0.1) is 0 Å². The molecule has 0 spiro atoms. The van der Waals surface area contributed by atoms with Crippen LogP contribution in [0.1, 0.15) is 190 Å². The predicted octanol–water partition coefficient (Wildman–Crippen LogP) is 22.3. The van der Waals surface area contributed by atoms with E-state index in [2.05, 4.69) is 244 Å². The third-order valence-corrected chi connectivity index (χ3v) is 21.2. The van der Waals surface area contributed by atoms with Crippen molar-refractivity contribution in [3.05, 3.63) is 191 Å². The van der Waals surface area contributed by atoms with Crippen molar-refractivity contribution in [1.29, 1.82) is 0 Å². The number of aromatic nitrogens is 3. The highest BCUT2D eigenvalue weighted by Gasteiger charge is 2.46. The summed E-state index contributed by atoms with van der Waals surface area (Å²) in [4.78, 5) is 22.9. The zero-order valence-corrected chi connectivity index (χ0v) is 56.4. The Kier molecular flexibility index (Phi) is 18.1. The SMILES string of the molecule is CCCCC1(CCCC)c2cc(-c3ccnc(-c4cc(-c5ccc6c(c5)C(CCCC)(CCCC)c5cc(N(C)C)ccc5-6)cc(-c5cc(-c6ccc7c(c6)C(CCCC)(CCCC)c6cc(N(C)C)ccc6-7)ccn5)n4)c3)ccc2-c2ccc(N(C)C)cc21. The summed E-state index contributed by atoms with van der Waals surface area (Å²) >= 11 is 0. The zero-order valence-electron chi connectivity index (χ0n) is 56.4. The minimum Gasteiger partial charge on any atom is -0.378 e. The average molecular weight is 1190 g/mol. The Hall–Kier alpha value is -7.83. The molecule has 0 saturated carbocycles. The van der Waals surface area contributed by atoms with Gasteiger partial charge in [0.15, 0.2) is 0 Å². The van der Waals surface area contributed by atoms with Gasteiger partial charge in [-0.2, -0.15) is 0 Å². The second-order valence-electron chi connectivity index (χ2n) is 27.5. The van der Waals surface area contributed by atoms with Crippen LogP contribution in [-0.2, 0) is 16.2 Å². The Bertz CT molecular complexity index is 3850. The van der Waals surface area contributed by atoms with E-state index in [-0.39, 0.29) is 16.2 Å². The summed E-state index contributed by atoms with van der Waals surface area (Å²) in [6.45, 7) is 14.1. The monoisotopic (exact) mass is 1190 g/mol. The van der Waals surface area contributed by atoms with E-state index in [1.807, 2.05) is 12.4 Å². The van der Waals surface area contributed by atoms with Crippen LogP contribution in [0.4, 0.5) is 17.1 Å². The highest BCUT2D eigenvalue weighted by atomic mass is 15.1. The molecule has 0 N–H and O–H groups in total. The van der Waals surface area contributed by atoms with Crippen molar-refractivity contribution in [2.45, 2.75) is 173 Å². The van der Waals surface area contributed by atoms with E-state index in [0.29, 0.717) is 0 Å². The Balaban J connectivity index is 1.01. The molecule has 12 rings (SSSR count). The van der Waals surface area contributed by atoms with Crippen LogP contribution in [0.15, 0.2) is 158 Å². The van der Waals surface area contributed by atoms with Gasteiger partial charge in [-0.15, -0.1) is 0 Å². The maximum atomic E-state index is 5.67. The number of fused-ring (bicyclic) bond motifs is 9. The summed E-state index contributed by atoms with van der Waals surface area (Å²) in [6, 6.07) is 57.2. The van der Waals surface area contributed by atoms with Gasteiger partial charge in [-0.25, -0.2) is 4.98 Å². The molecular weight excluding hydrogens is 1090 g/mol. The summed E-state index contributed by atoms with van der Waals surface area (Å²) in [7, 11) is 13.0. The van der Waals surface area contributed by atoms with Crippen LogP contribution >= 0.6 is 0 Å². The van der Waals surface area contributed by atoms with Crippen LogP contribution in [0.25, 0.3) is 89.5 Å². The van der Waals surface area contributed by atoms with Gasteiger partial charge in [0.2, 0.25) is 0 Å². The predicted molar refractivity (Wildman–Crippen MR) is 386 cm³/mol. The molecule has 0 atom stereocenters. The second kappa shape index (κ2) is 26.2. The van der Waals surface area contributed by atoms with Crippen LogP contribution in [0.5, 0.6) is 0 Å². The molecule has 464 valence electrons. The van der Waals surface area contributed by atoms with Crippen molar-refractivity contribution in [2.24, 2.45) is 0 Å². The Morgan fingerprint density at radius 2 is 0.511 bits per heavy atom. The van der Waals surface area contributed by atoms with E-state index in [1.54, 1.807) is 0 Å². The summed E-state index contributed by atoms with van der Waals surface area (Å²) in [5, 5.41) is 0. The molecule has 3 aromatic heterocycles. The number of hydrogen-bond acceptors (Lipinski definition) is 6. The Morgan fingerprint density at radius 1 is 0.267 bits per heavy atom. The van der Waals surface area contributed by atoms with Crippen molar-refractivity contribution in [3.8, 4) is 89.5 Å². The molecule has 0 bridgehead atoms. The first-order chi connectivity index (χ1) is 43.7. The fourth-order valence-corrected chi connectivity index (χ4v) is 16.1. The van der Waals surface area contributed by atoms with Gasteiger partial charge in [0.05, 0.1) is 22.8 Å². The molecule has 0 amide bonds. The van der Waals surface area contributed by atoms with E-state index in [9.17, 15) is 0 Å². The first-order valence-corrected chi connectivity index (χ1v) is 34.6.